The van der Waals surface area contributed by atoms with Gasteiger partial charge in [-0.2, -0.15) is 4.73 Å². The summed E-state index contributed by atoms with van der Waals surface area (Å²) in [6, 6.07) is 8.36. The number of nitrogens with zero attached hydrogens (tertiary/aromatic N) is 2. The molecule has 2 N–H and O–H groups in total. The number of fused-ring (bicyclic) bond motifs is 2. The first kappa shape index (κ1) is 12.9. The molecule has 1 aromatic heterocycles. The van der Waals surface area contributed by atoms with Crippen LogP contribution in [0.1, 0.15) is 39.2 Å². The second kappa shape index (κ2) is 4.47. The van der Waals surface area contributed by atoms with Crippen molar-refractivity contribution in [2.24, 2.45) is 0 Å². The van der Waals surface area contributed by atoms with Crippen molar-refractivity contribution in [3.8, 4) is 5.75 Å². The van der Waals surface area contributed by atoms with Crippen LogP contribution < -0.4 is 15.5 Å². The summed E-state index contributed by atoms with van der Waals surface area (Å²) in [5, 5.41) is 0. The lowest BCUT2D eigenvalue weighted by atomic mass is 10.1. The minimum Gasteiger partial charge on any atom is -0.395 e. The zero-order chi connectivity index (χ0) is 14.4. The maximum absolute atomic E-state index is 6.37. The van der Waals surface area contributed by atoms with Gasteiger partial charge >= 0.3 is 0 Å². The van der Waals surface area contributed by atoms with Crippen LogP contribution >= 0.6 is 0 Å². The van der Waals surface area contributed by atoms with Crippen LogP contribution in [0.2, 0.25) is 0 Å². The summed E-state index contributed by atoms with van der Waals surface area (Å²) in [7, 11) is 0. The molecule has 0 spiro atoms. The van der Waals surface area contributed by atoms with Crippen molar-refractivity contribution >= 4 is 17.2 Å². The number of para-hydroxylation sites is 2. The van der Waals surface area contributed by atoms with Crippen molar-refractivity contribution in [1.82, 2.24) is 4.73 Å². The molecule has 1 aromatic carbocycles. The zero-order valence-corrected chi connectivity index (χ0v) is 12.4. The molecule has 0 aliphatic carbocycles. The molecule has 0 amide bonds. The van der Waals surface area contributed by atoms with Crippen LogP contribution in [0.15, 0.2) is 30.5 Å². The van der Waals surface area contributed by atoms with Gasteiger partial charge in [-0.3, -0.25) is 0 Å². The average Bonchev–Trinajstić information content (AvgIpc) is 2.73. The highest BCUT2D eigenvalue weighted by atomic mass is 16.7. The molecular formula is C16H21N3O. The first-order valence-corrected chi connectivity index (χ1v) is 7.08. The van der Waals surface area contributed by atoms with Crippen LogP contribution in [0.5, 0.6) is 5.75 Å². The number of rotatable bonds is 2. The monoisotopic (exact) mass is 271 g/mol. The number of anilines is 3. The fraction of sp³-hybridized carbons (Fsp3) is 0.375. The lowest BCUT2D eigenvalue weighted by Gasteiger charge is -2.35. The Morgan fingerprint density at radius 3 is 2.45 bits per heavy atom. The van der Waals surface area contributed by atoms with Crippen molar-refractivity contribution in [2.75, 3.05) is 10.6 Å². The van der Waals surface area contributed by atoms with E-state index in [2.05, 4.69) is 38.7 Å². The SMILES string of the molecule is CC(C)c1cn2c(c1N)N(C(C)C)c1ccccc1O2. The van der Waals surface area contributed by atoms with Gasteiger partial charge in [0.05, 0.1) is 17.6 Å². The highest BCUT2D eigenvalue weighted by Gasteiger charge is 2.30. The Hall–Kier alpha value is -2.10. The summed E-state index contributed by atoms with van der Waals surface area (Å²) in [5.74, 6) is 2.16. The van der Waals surface area contributed by atoms with E-state index in [1.807, 2.05) is 24.4 Å². The highest BCUT2D eigenvalue weighted by Crippen LogP contribution is 2.45. The fourth-order valence-corrected chi connectivity index (χ4v) is 2.75. The lowest BCUT2D eigenvalue weighted by Crippen LogP contribution is -2.32. The van der Waals surface area contributed by atoms with Gasteiger partial charge in [0, 0.05) is 11.6 Å². The topological polar surface area (TPSA) is 43.4 Å². The Morgan fingerprint density at radius 1 is 1.10 bits per heavy atom. The van der Waals surface area contributed by atoms with Crippen LogP contribution in [-0.4, -0.2) is 10.8 Å². The molecule has 1 aliphatic heterocycles. The third-order valence-corrected chi connectivity index (χ3v) is 3.71. The minimum absolute atomic E-state index is 0.302. The third kappa shape index (κ3) is 1.75. The predicted octanol–water partition coefficient (Wildman–Crippen LogP) is 3.90. The number of hydrogen-bond acceptors (Lipinski definition) is 3. The van der Waals surface area contributed by atoms with Gasteiger partial charge in [0.15, 0.2) is 11.6 Å². The van der Waals surface area contributed by atoms with E-state index in [0.29, 0.717) is 12.0 Å². The van der Waals surface area contributed by atoms with Crippen LogP contribution in [0.3, 0.4) is 0 Å². The molecular weight excluding hydrogens is 250 g/mol. The van der Waals surface area contributed by atoms with Crippen LogP contribution in [0.4, 0.5) is 17.2 Å². The van der Waals surface area contributed by atoms with E-state index in [4.69, 9.17) is 10.6 Å². The standard InChI is InChI=1S/C16H21N3O/c1-10(2)12-9-18-16(15(12)17)19(11(3)4)13-7-5-6-8-14(13)20-18/h5-11H,17H2,1-4H3. The van der Waals surface area contributed by atoms with Crippen molar-refractivity contribution in [2.45, 2.75) is 39.7 Å². The van der Waals surface area contributed by atoms with Crippen molar-refractivity contribution in [3.05, 3.63) is 36.0 Å². The van der Waals surface area contributed by atoms with Gasteiger partial charge in [-0.1, -0.05) is 26.0 Å². The smallest absolute Gasteiger partial charge is 0.179 e. The Balaban J connectivity index is 2.22. The van der Waals surface area contributed by atoms with Crippen LogP contribution in [-0.2, 0) is 0 Å². The summed E-state index contributed by atoms with van der Waals surface area (Å²) >= 11 is 0. The molecule has 0 unspecified atom stereocenters. The predicted molar refractivity (Wildman–Crippen MR) is 82.7 cm³/mol. The molecule has 0 saturated carbocycles. The first-order chi connectivity index (χ1) is 9.50. The molecule has 0 fully saturated rings. The second-order valence-electron chi connectivity index (χ2n) is 5.82. The molecule has 0 radical (unpaired) electrons. The molecule has 1 aliphatic rings. The molecule has 0 saturated heterocycles. The molecule has 4 heteroatoms. The minimum atomic E-state index is 0.302. The maximum Gasteiger partial charge on any atom is 0.179 e. The van der Waals surface area contributed by atoms with Crippen LogP contribution in [0, 0.1) is 0 Å². The number of nitrogen functional groups attached to an aromatic ring is 1. The Morgan fingerprint density at radius 2 is 1.80 bits per heavy atom. The lowest BCUT2D eigenvalue weighted by molar-refractivity contribution is 0.211. The second-order valence-corrected chi connectivity index (χ2v) is 5.82. The zero-order valence-electron chi connectivity index (χ0n) is 12.4. The Labute approximate surface area is 119 Å². The van der Waals surface area contributed by atoms with E-state index in [-0.39, 0.29) is 0 Å². The van der Waals surface area contributed by atoms with Crippen LogP contribution in [0.25, 0.3) is 0 Å². The Kier molecular flexibility index (Phi) is 2.89. The third-order valence-electron chi connectivity index (χ3n) is 3.71. The van der Waals surface area contributed by atoms with Gasteiger partial charge in [0.1, 0.15) is 0 Å². The Bertz CT molecular complexity index is 643. The fourth-order valence-electron chi connectivity index (χ4n) is 2.75. The normalized spacial score (nSPS) is 13.4. The number of hydrogen-bond donors (Lipinski definition) is 1. The molecule has 0 atom stereocenters. The summed E-state index contributed by atoms with van der Waals surface area (Å²) in [6.45, 7) is 8.61. The van der Waals surface area contributed by atoms with E-state index < -0.39 is 0 Å². The molecule has 2 heterocycles. The van der Waals surface area contributed by atoms with E-state index in [9.17, 15) is 0 Å². The summed E-state index contributed by atoms with van der Waals surface area (Å²) in [5.41, 5.74) is 9.36. The highest BCUT2D eigenvalue weighted by molar-refractivity contribution is 5.80. The number of benzene rings is 1. The molecule has 106 valence electrons. The van der Waals surface area contributed by atoms with Crippen molar-refractivity contribution in [3.63, 3.8) is 0 Å². The van der Waals surface area contributed by atoms with Crippen molar-refractivity contribution in [1.29, 1.82) is 0 Å². The molecule has 2 aromatic rings. The summed E-state index contributed by atoms with van der Waals surface area (Å²) < 4.78 is 1.80. The molecule has 0 bridgehead atoms. The van der Waals surface area contributed by atoms with Gasteiger partial charge in [-0.05, 0) is 31.9 Å². The number of nitrogens with two attached hydrogens (primary N) is 1. The van der Waals surface area contributed by atoms with Gasteiger partial charge in [0.2, 0.25) is 0 Å². The average molecular weight is 271 g/mol. The van der Waals surface area contributed by atoms with E-state index in [1.165, 1.54) is 0 Å². The largest absolute Gasteiger partial charge is 0.395 e. The van der Waals surface area contributed by atoms with Gasteiger partial charge in [-0.15, -0.1) is 0 Å². The van der Waals surface area contributed by atoms with Gasteiger partial charge in [0.25, 0.3) is 0 Å². The quantitative estimate of drug-likeness (QED) is 0.901. The van der Waals surface area contributed by atoms with E-state index in [0.717, 1.165) is 28.5 Å². The van der Waals surface area contributed by atoms with E-state index >= 15 is 0 Å². The summed E-state index contributed by atoms with van der Waals surface area (Å²) in [6.07, 6.45) is 2.00. The summed E-state index contributed by atoms with van der Waals surface area (Å²) in [4.78, 5) is 8.20. The molecule has 3 rings (SSSR count). The first-order valence-electron chi connectivity index (χ1n) is 7.08. The molecule has 4 nitrogen and oxygen atoms in total. The molecule has 20 heavy (non-hydrogen) atoms. The maximum atomic E-state index is 6.37. The van der Waals surface area contributed by atoms with Gasteiger partial charge in [-0.25, -0.2) is 0 Å². The number of aromatic nitrogens is 1. The van der Waals surface area contributed by atoms with Crippen molar-refractivity contribution < 1.29 is 4.84 Å². The van der Waals surface area contributed by atoms with E-state index in [1.54, 1.807) is 4.73 Å². The van der Waals surface area contributed by atoms with Gasteiger partial charge < -0.3 is 15.5 Å².